The van der Waals surface area contributed by atoms with Crippen LogP contribution in [0.5, 0.6) is 17.2 Å². The Balaban J connectivity index is 1.26. The number of hydrogen-bond donors (Lipinski definition) is 1. The SMILES string of the molecule is Cc1c(C(=O)N(c2ccc(O)cc2)c2cnc3c(c2)CCN3C)cc(-c2cc3c(cc2C(=O)N2Cc4ccccc4C[C@H]2C)OCO3)n1CCN(C)C. The number of anilines is 3. The lowest BCUT2D eigenvalue weighted by Gasteiger charge is -2.35. The maximum Gasteiger partial charge on any atom is 0.264 e. The lowest BCUT2D eigenvalue weighted by atomic mass is 9.93. The number of aromatic hydroxyl groups is 1. The van der Waals surface area contributed by atoms with Crippen LogP contribution in [0.15, 0.2) is 79.0 Å². The number of likely N-dealkylation sites (N-methyl/N-ethyl adjacent to an activating group) is 2. The van der Waals surface area contributed by atoms with Crippen molar-refractivity contribution in [2.24, 2.45) is 0 Å². The minimum Gasteiger partial charge on any atom is -0.508 e. The molecule has 3 aromatic carbocycles. The number of ether oxygens (including phenoxy) is 2. The second kappa shape index (κ2) is 13.6. The van der Waals surface area contributed by atoms with Gasteiger partial charge in [0, 0.05) is 56.2 Å². The van der Waals surface area contributed by atoms with E-state index in [9.17, 15) is 9.90 Å². The van der Waals surface area contributed by atoms with Crippen LogP contribution >= 0.6 is 0 Å². The first-order valence-electron chi connectivity index (χ1n) is 18.1. The molecule has 0 aliphatic carbocycles. The number of carbonyl (C=O) groups is 2. The van der Waals surface area contributed by atoms with Crippen molar-refractivity contribution in [1.82, 2.24) is 19.4 Å². The van der Waals surface area contributed by atoms with Crippen LogP contribution in [0, 0.1) is 6.92 Å². The zero-order valence-corrected chi connectivity index (χ0v) is 30.8. The van der Waals surface area contributed by atoms with Gasteiger partial charge in [-0.15, -0.1) is 0 Å². The molecule has 0 spiro atoms. The first-order valence-corrected chi connectivity index (χ1v) is 18.1. The van der Waals surface area contributed by atoms with Crippen molar-refractivity contribution < 1.29 is 24.2 Å². The van der Waals surface area contributed by atoms with E-state index in [4.69, 9.17) is 14.5 Å². The monoisotopic (exact) mass is 712 g/mol. The molecular weight excluding hydrogens is 668 g/mol. The maximum absolute atomic E-state index is 15.0. The molecule has 0 saturated carbocycles. The normalized spacial score (nSPS) is 15.8. The van der Waals surface area contributed by atoms with Crippen molar-refractivity contribution in [2.75, 3.05) is 50.8 Å². The summed E-state index contributed by atoms with van der Waals surface area (Å²) in [5.41, 5.74) is 7.85. The van der Waals surface area contributed by atoms with Crippen molar-refractivity contribution in [3.05, 3.63) is 113 Å². The van der Waals surface area contributed by atoms with Gasteiger partial charge in [-0.1, -0.05) is 24.3 Å². The van der Waals surface area contributed by atoms with Crippen LogP contribution in [-0.4, -0.2) is 83.3 Å². The molecular formula is C42H44N6O5. The molecule has 2 aromatic heterocycles. The third-order valence-electron chi connectivity index (χ3n) is 10.7. The standard InChI is InChI=1S/C42H44N6O5/c1-26-18-28-8-6-7-9-30(28)24-47(26)41(50)36-22-39-38(52-25-53-39)21-35(36)37-20-34(27(2)46(37)17-16-44(3)4)42(51)48(31-10-12-33(49)13-11-31)32-19-29-14-15-45(5)40(29)43-23-32/h6-13,19-23,26,49H,14-18,24-25H2,1-5H3/t26-/m1/s1. The minimum absolute atomic E-state index is 0.0188. The maximum atomic E-state index is 15.0. The smallest absolute Gasteiger partial charge is 0.264 e. The Kier molecular flexibility index (Phi) is 8.82. The number of hydrogen-bond acceptors (Lipinski definition) is 8. The van der Waals surface area contributed by atoms with Gasteiger partial charge in [-0.3, -0.25) is 14.5 Å². The molecule has 1 atom stereocenters. The van der Waals surface area contributed by atoms with Crippen LogP contribution in [0.2, 0.25) is 0 Å². The highest BCUT2D eigenvalue weighted by molar-refractivity contribution is 6.12. The second-order valence-corrected chi connectivity index (χ2v) is 14.5. The van der Waals surface area contributed by atoms with Gasteiger partial charge in [0.15, 0.2) is 11.5 Å². The number of carbonyl (C=O) groups excluding carboxylic acids is 2. The van der Waals surface area contributed by atoms with E-state index in [1.807, 2.05) is 63.3 Å². The quantitative estimate of drug-likeness (QED) is 0.197. The molecule has 2 amide bonds. The van der Waals surface area contributed by atoms with Gasteiger partial charge in [0.25, 0.3) is 11.8 Å². The fraction of sp³-hybridized carbons (Fsp3) is 0.310. The number of phenols is 1. The van der Waals surface area contributed by atoms with Gasteiger partial charge in [0.1, 0.15) is 11.6 Å². The highest BCUT2D eigenvalue weighted by Gasteiger charge is 2.33. The fourth-order valence-electron chi connectivity index (χ4n) is 7.75. The summed E-state index contributed by atoms with van der Waals surface area (Å²) in [7, 11) is 6.05. The molecule has 11 heteroatoms. The van der Waals surface area contributed by atoms with Gasteiger partial charge in [-0.25, -0.2) is 4.98 Å². The predicted octanol–water partition coefficient (Wildman–Crippen LogP) is 6.41. The predicted molar refractivity (Wildman–Crippen MR) is 205 cm³/mol. The number of phenolic OH excluding ortho intramolecular Hbond substituents is 1. The lowest BCUT2D eigenvalue weighted by molar-refractivity contribution is 0.0658. The van der Waals surface area contributed by atoms with Crippen molar-refractivity contribution in [3.8, 4) is 28.5 Å². The summed E-state index contributed by atoms with van der Waals surface area (Å²) in [5, 5.41) is 10.2. The van der Waals surface area contributed by atoms with Gasteiger partial charge >= 0.3 is 0 Å². The van der Waals surface area contributed by atoms with Crippen LogP contribution in [-0.2, 0) is 25.9 Å². The van der Waals surface area contributed by atoms with Crippen LogP contribution < -0.4 is 19.3 Å². The highest BCUT2D eigenvalue weighted by Crippen LogP contribution is 2.42. The van der Waals surface area contributed by atoms with E-state index < -0.39 is 0 Å². The Labute approximate surface area is 309 Å². The second-order valence-electron chi connectivity index (χ2n) is 14.5. The van der Waals surface area contributed by atoms with E-state index in [2.05, 4.69) is 33.4 Å². The summed E-state index contributed by atoms with van der Waals surface area (Å²) in [6, 6.07) is 22.5. The van der Waals surface area contributed by atoms with Gasteiger partial charge in [0.2, 0.25) is 6.79 Å². The molecule has 0 unspecified atom stereocenters. The van der Waals surface area contributed by atoms with Crippen molar-refractivity contribution in [2.45, 2.75) is 45.8 Å². The van der Waals surface area contributed by atoms with E-state index in [1.54, 1.807) is 41.4 Å². The molecule has 0 fully saturated rings. The zero-order chi connectivity index (χ0) is 37.0. The fourth-order valence-corrected chi connectivity index (χ4v) is 7.75. The molecule has 5 heterocycles. The summed E-state index contributed by atoms with van der Waals surface area (Å²) in [6.45, 7) is 6.74. The molecule has 3 aliphatic heterocycles. The van der Waals surface area contributed by atoms with Crippen LogP contribution in [0.1, 0.15) is 50.0 Å². The number of rotatable bonds is 8. The van der Waals surface area contributed by atoms with Crippen molar-refractivity contribution in [3.63, 3.8) is 0 Å². The first kappa shape index (κ1) is 34.3. The summed E-state index contributed by atoms with van der Waals surface area (Å²) >= 11 is 0. The van der Waals surface area contributed by atoms with Crippen molar-refractivity contribution >= 4 is 29.0 Å². The number of benzene rings is 3. The van der Waals surface area contributed by atoms with Gasteiger partial charge in [-0.05, 0) is 106 Å². The number of nitrogens with zero attached hydrogens (tertiary/aromatic N) is 6. The summed E-state index contributed by atoms with van der Waals surface area (Å²) < 4.78 is 13.8. The summed E-state index contributed by atoms with van der Waals surface area (Å²) in [6.07, 6.45) is 3.33. The third-order valence-corrected chi connectivity index (χ3v) is 10.7. The molecule has 8 rings (SSSR count). The Bertz CT molecular complexity index is 2230. The molecule has 0 bridgehead atoms. The van der Waals surface area contributed by atoms with Crippen molar-refractivity contribution in [1.29, 1.82) is 0 Å². The van der Waals surface area contributed by atoms with E-state index in [-0.39, 0.29) is 30.4 Å². The first-order chi connectivity index (χ1) is 25.6. The van der Waals surface area contributed by atoms with E-state index in [0.29, 0.717) is 59.2 Å². The largest absolute Gasteiger partial charge is 0.508 e. The van der Waals surface area contributed by atoms with Crippen LogP contribution in [0.3, 0.4) is 0 Å². The number of fused-ring (bicyclic) bond motifs is 3. The number of pyridine rings is 1. The minimum atomic E-state index is -0.249. The van der Waals surface area contributed by atoms with Crippen LogP contribution in [0.4, 0.5) is 17.2 Å². The number of aromatic nitrogens is 2. The van der Waals surface area contributed by atoms with Crippen LogP contribution in [0.25, 0.3) is 11.3 Å². The van der Waals surface area contributed by atoms with Gasteiger partial charge in [0.05, 0.1) is 28.7 Å². The molecule has 53 heavy (non-hydrogen) atoms. The third kappa shape index (κ3) is 6.24. The van der Waals surface area contributed by atoms with E-state index in [1.165, 1.54) is 5.56 Å². The molecule has 0 saturated heterocycles. The van der Waals surface area contributed by atoms with E-state index in [0.717, 1.165) is 47.7 Å². The summed E-state index contributed by atoms with van der Waals surface area (Å²) in [5.74, 6) is 1.74. The molecule has 3 aliphatic rings. The summed E-state index contributed by atoms with van der Waals surface area (Å²) in [4.78, 5) is 42.3. The Hall–Kier alpha value is -5.81. The topological polar surface area (TPSA) is 104 Å². The molecule has 0 radical (unpaired) electrons. The Morgan fingerprint density at radius 2 is 1.66 bits per heavy atom. The Morgan fingerprint density at radius 1 is 0.925 bits per heavy atom. The molecule has 272 valence electrons. The average Bonchev–Trinajstić information content (AvgIpc) is 3.86. The molecule has 5 aromatic rings. The number of amides is 2. The Morgan fingerprint density at radius 3 is 2.42 bits per heavy atom. The molecule has 11 nitrogen and oxygen atoms in total. The zero-order valence-electron chi connectivity index (χ0n) is 30.8. The highest BCUT2D eigenvalue weighted by atomic mass is 16.7. The molecule has 1 N–H and O–H groups in total. The lowest BCUT2D eigenvalue weighted by Crippen LogP contribution is -2.42. The van der Waals surface area contributed by atoms with Gasteiger partial charge in [-0.2, -0.15) is 0 Å². The van der Waals surface area contributed by atoms with Gasteiger partial charge < -0.3 is 33.8 Å². The van der Waals surface area contributed by atoms with E-state index >= 15 is 4.79 Å². The average molecular weight is 713 g/mol.